The minimum atomic E-state index is -1.82. The van der Waals surface area contributed by atoms with Gasteiger partial charge in [-0.15, -0.1) is 0 Å². The fraction of sp³-hybridized carbons (Fsp3) is 0.429. The Labute approximate surface area is 151 Å². The Kier molecular flexibility index (Phi) is 5.84. The zero-order chi connectivity index (χ0) is 18.7. The Morgan fingerprint density at radius 3 is 2.15 bits per heavy atom. The molecule has 1 nitrogen and oxygen atoms in total. The summed E-state index contributed by atoms with van der Waals surface area (Å²) in [6.45, 7) is 1.86. The molecule has 26 heavy (non-hydrogen) atoms. The van der Waals surface area contributed by atoms with Crippen molar-refractivity contribution < 1.29 is 22.3 Å². The molecule has 0 heterocycles. The van der Waals surface area contributed by atoms with Crippen molar-refractivity contribution >= 4 is 0 Å². The number of halogens is 4. The largest absolute Gasteiger partial charge is 0.489 e. The second kappa shape index (κ2) is 8.11. The van der Waals surface area contributed by atoms with Gasteiger partial charge in [0.2, 0.25) is 0 Å². The van der Waals surface area contributed by atoms with Gasteiger partial charge >= 0.3 is 0 Å². The van der Waals surface area contributed by atoms with Crippen molar-refractivity contribution in [2.75, 3.05) is 0 Å². The van der Waals surface area contributed by atoms with E-state index in [4.69, 9.17) is 4.74 Å². The van der Waals surface area contributed by atoms with Crippen molar-refractivity contribution in [3.05, 3.63) is 64.7 Å². The molecule has 1 fully saturated rings. The number of ether oxygens (including phenoxy) is 1. The van der Waals surface area contributed by atoms with Crippen molar-refractivity contribution in [3.8, 4) is 5.75 Å². The Balaban J connectivity index is 1.62. The fourth-order valence-corrected chi connectivity index (χ4v) is 3.63. The third kappa shape index (κ3) is 4.02. The van der Waals surface area contributed by atoms with E-state index in [1.165, 1.54) is 37.7 Å². The van der Waals surface area contributed by atoms with Gasteiger partial charge in [0.05, 0.1) is 0 Å². The number of rotatable bonds is 5. The monoisotopic (exact) mass is 366 g/mol. The fourth-order valence-electron chi connectivity index (χ4n) is 3.63. The highest BCUT2D eigenvalue weighted by Gasteiger charge is 2.21. The first-order valence-electron chi connectivity index (χ1n) is 9.04. The molecule has 0 bridgehead atoms. The maximum atomic E-state index is 13.7. The van der Waals surface area contributed by atoms with Crippen LogP contribution >= 0.6 is 0 Å². The minimum absolute atomic E-state index is 0.358. The minimum Gasteiger partial charge on any atom is -0.489 e. The van der Waals surface area contributed by atoms with Crippen LogP contribution in [0.15, 0.2) is 30.3 Å². The Bertz CT molecular complexity index is 750. The molecule has 140 valence electrons. The number of hydrogen-bond acceptors (Lipinski definition) is 1. The van der Waals surface area contributed by atoms with Crippen LogP contribution in [0, 0.1) is 29.2 Å². The summed E-state index contributed by atoms with van der Waals surface area (Å²) in [6.07, 6.45) is 6.09. The smallest absolute Gasteiger partial charge is 0.197 e. The molecule has 2 aromatic rings. The van der Waals surface area contributed by atoms with Crippen LogP contribution < -0.4 is 4.74 Å². The Morgan fingerprint density at radius 1 is 0.885 bits per heavy atom. The van der Waals surface area contributed by atoms with Crippen LogP contribution in [0.4, 0.5) is 17.6 Å². The molecular formula is C21H22F4O. The molecule has 2 aromatic carbocycles. The predicted molar refractivity (Wildman–Crippen MR) is 92.0 cm³/mol. The first kappa shape index (κ1) is 18.7. The SMILES string of the molecule is CCC1CCC(c2ccc(OCc3cc(F)c(F)c(F)c3F)cc2)CC1. The lowest BCUT2D eigenvalue weighted by Crippen LogP contribution is -2.12. The van der Waals surface area contributed by atoms with Crippen molar-refractivity contribution in [1.82, 2.24) is 0 Å². The summed E-state index contributed by atoms with van der Waals surface area (Å²) >= 11 is 0. The van der Waals surface area contributed by atoms with E-state index < -0.39 is 23.3 Å². The van der Waals surface area contributed by atoms with Gasteiger partial charge in [0.15, 0.2) is 23.3 Å². The third-order valence-electron chi connectivity index (χ3n) is 5.35. The van der Waals surface area contributed by atoms with Gasteiger partial charge in [-0.1, -0.05) is 25.5 Å². The molecule has 5 heteroatoms. The molecule has 1 aliphatic rings. The van der Waals surface area contributed by atoms with Crippen molar-refractivity contribution in [2.45, 2.75) is 51.6 Å². The molecule has 1 saturated carbocycles. The van der Waals surface area contributed by atoms with Crippen LogP contribution in [0.25, 0.3) is 0 Å². The number of hydrogen-bond donors (Lipinski definition) is 0. The van der Waals surface area contributed by atoms with Crippen molar-refractivity contribution in [2.24, 2.45) is 5.92 Å². The Morgan fingerprint density at radius 2 is 1.54 bits per heavy atom. The zero-order valence-electron chi connectivity index (χ0n) is 14.7. The van der Waals surface area contributed by atoms with E-state index in [9.17, 15) is 17.6 Å². The van der Waals surface area contributed by atoms with E-state index in [1.54, 1.807) is 12.1 Å². The summed E-state index contributed by atoms with van der Waals surface area (Å²) in [5, 5.41) is 0. The molecule has 0 aliphatic heterocycles. The molecule has 0 aromatic heterocycles. The van der Waals surface area contributed by atoms with Crippen LogP contribution in [0.2, 0.25) is 0 Å². The van der Waals surface area contributed by atoms with Gasteiger partial charge in [0.25, 0.3) is 0 Å². The van der Waals surface area contributed by atoms with Gasteiger partial charge in [0.1, 0.15) is 12.4 Å². The van der Waals surface area contributed by atoms with Gasteiger partial charge in [-0.25, -0.2) is 17.6 Å². The average Bonchev–Trinajstić information content (AvgIpc) is 2.68. The van der Waals surface area contributed by atoms with E-state index >= 15 is 0 Å². The molecule has 0 atom stereocenters. The molecule has 1 aliphatic carbocycles. The van der Waals surface area contributed by atoms with Crippen LogP contribution in [0.5, 0.6) is 5.75 Å². The highest BCUT2D eigenvalue weighted by atomic mass is 19.2. The highest BCUT2D eigenvalue weighted by Crippen LogP contribution is 2.37. The maximum Gasteiger partial charge on any atom is 0.197 e. The van der Waals surface area contributed by atoms with Gasteiger partial charge < -0.3 is 4.74 Å². The van der Waals surface area contributed by atoms with E-state index in [1.807, 2.05) is 12.1 Å². The highest BCUT2D eigenvalue weighted by molar-refractivity contribution is 5.30. The normalized spacial score (nSPS) is 20.2. The summed E-state index contributed by atoms with van der Waals surface area (Å²) in [5.74, 6) is -4.63. The predicted octanol–water partition coefficient (Wildman–Crippen LogP) is 6.51. The van der Waals surface area contributed by atoms with Crippen molar-refractivity contribution in [1.29, 1.82) is 0 Å². The standard InChI is InChI=1S/C21H22F4O/c1-2-13-3-5-14(6-4-13)15-7-9-17(10-8-15)26-12-16-11-18(22)20(24)21(25)19(16)23/h7-11,13-14H,2-6,12H2,1H3. The van der Waals surface area contributed by atoms with Crippen molar-refractivity contribution in [3.63, 3.8) is 0 Å². The lowest BCUT2D eigenvalue weighted by molar-refractivity contribution is 0.292. The number of benzene rings is 2. The summed E-state index contributed by atoms with van der Waals surface area (Å²) in [5.41, 5.74) is 0.889. The second-order valence-electron chi connectivity index (χ2n) is 6.94. The average molecular weight is 366 g/mol. The topological polar surface area (TPSA) is 9.23 Å². The van der Waals surface area contributed by atoms with E-state index in [-0.39, 0.29) is 12.2 Å². The van der Waals surface area contributed by atoms with Crippen LogP contribution in [-0.4, -0.2) is 0 Å². The first-order chi connectivity index (χ1) is 12.5. The maximum absolute atomic E-state index is 13.7. The van der Waals surface area contributed by atoms with Gasteiger partial charge in [0, 0.05) is 5.56 Å². The van der Waals surface area contributed by atoms with E-state index in [2.05, 4.69) is 6.92 Å². The Hall–Kier alpha value is -2.04. The molecule has 0 spiro atoms. The molecule has 0 N–H and O–H groups in total. The quantitative estimate of drug-likeness (QED) is 0.333. The lowest BCUT2D eigenvalue weighted by Gasteiger charge is -2.28. The molecule has 3 rings (SSSR count). The first-order valence-corrected chi connectivity index (χ1v) is 9.04. The van der Waals surface area contributed by atoms with Crippen LogP contribution in [0.1, 0.15) is 56.1 Å². The molecule has 0 radical (unpaired) electrons. The van der Waals surface area contributed by atoms with Gasteiger partial charge in [-0.2, -0.15) is 0 Å². The van der Waals surface area contributed by atoms with Gasteiger partial charge in [-0.3, -0.25) is 0 Å². The van der Waals surface area contributed by atoms with Gasteiger partial charge in [-0.05, 0) is 61.3 Å². The summed E-state index contributed by atoms with van der Waals surface area (Å²) in [6, 6.07) is 8.13. The summed E-state index contributed by atoms with van der Waals surface area (Å²) < 4.78 is 58.5. The van der Waals surface area contributed by atoms with Crippen LogP contribution in [-0.2, 0) is 6.61 Å². The molecule has 0 amide bonds. The summed E-state index contributed by atoms with van der Waals surface area (Å²) in [4.78, 5) is 0. The zero-order valence-corrected chi connectivity index (χ0v) is 14.7. The molecule has 0 unspecified atom stereocenters. The second-order valence-corrected chi connectivity index (χ2v) is 6.94. The molecular weight excluding hydrogens is 344 g/mol. The van der Waals surface area contributed by atoms with Crippen LogP contribution in [0.3, 0.4) is 0 Å². The molecule has 0 saturated heterocycles. The summed E-state index contributed by atoms with van der Waals surface area (Å²) in [7, 11) is 0. The third-order valence-corrected chi connectivity index (χ3v) is 5.35. The lowest BCUT2D eigenvalue weighted by atomic mass is 9.78. The van der Waals surface area contributed by atoms with E-state index in [0.717, 1.165) is 5.92 Å². The van der Waals surface area contributed by atoms with E-state index in [0.29, 0.717) is 17.7 Å².